The number of hydrogen-bond acceptors (Lipinski definition) is 3. The van der Waals surface area contributed by atoms with Gasteiger partial charge in [-0.05, 0) is 22.6 Å². The zero-order chi connectivity index (χ0) is 9.14. The van der Waals surface area contributed by atoms with E-state index in [1.165, 1.54) is 0 Å². The first kappa shape index (κ1) is 9.25. The Morgan fingerprint density at radius 1 is 1.50 bits per heavy atom. The van der Waals surface area contributed by atoms with Crippen molar-refractivity contribution in [3.05, 3.63) is 21.3 Å². The average Bonchev–Trinajstić information content (AvgIpc) is 2.03. The van der Waals surface area contributed by atoms with Gasteiger partial charge in [-0.3, -0.25) is 0 Å². The van der Waals surface area contributed by atoms with Gasteiger partial charge in [0.1, 0.15) is 27.4 Å². The molecular weight excluding hydrogens is 279 g/mol. The van der Waals surface area contributed by atoms with Crippen LogP contribution in [0.15, 0.2) is 6.33 Å². The van der Waals surface area contributed by atoms with Crippen LogP contribution < -0.4 is 0 Å². The fraction of sp³-hybridized carbons (Fsp3) is 0.167. The first-order chi connectivity index (χ1) is 5.66. The Morgan fingerprint density at radius 2 is 2.17 bits per heavy atom. The molecule has 62 valence electrons. The molecule has 1 aromatic rings. The summed E-state index contributed by atoms with van der Waals surface area (Å²) in [5.74, 6) is 0. The van der Waals surface area contributed by atoms with Crippen molar-refractivity contribution in [2.75, 3.05) is 0 Å². The van der Waals surface area contributed by atoms with Gasteiger partial charge in [-0.25, -0.2) is 18.7 Å². The molecule has 0 spiro atoms. The van der Waals surface area contributed by atoms with Gasteiger partial charge < -0.3 is 0 Å². The van der Waals surface area contributed by atoms with E-state index >= 15 is 0 Å². The molecule has 0 atom stereocenters. The number of nitriles is 1. The lowest BCUT2D eigenvalue weighted by atomic mass is 10.2. The van der Waals surface area contributed by atoms with Crippen LogP contribution in [0.1, 0.15) is 17.7 Å². The Bertz CT molecular complexity index is 334. The van der Waals surface area contributed by atoms with Crippen molar-refractivity contribution < 1.29 is 8.78 Å². The summed E-state index contributed by atoms with van der Waals surface area (Å²) in [6, 6.07) is 1.63. The smallest absolute Gasteiger partial charge is 0.234 e. The first-order valence-corrected chi connectivity index (χ1v) is 3.93. The van der Waals surface area contributed by atoms with Gasteiger partial charge in [0.25, 0.3) is 6.43 Å². The monoisotopic (exact) mass is 281 g/mol. The molecule has 12 heavy (non-hydrogen) atoms. The molecule has 0 aliphatic heterocycles. The summed E-state index contributed by atoms with van der Waals surface area (Å²) in [5.41, 5.74) is -0.648. The Balaban J connectivity index is 3.30. The molecule has 1 heterocycles. The molecule has 1 aromatic heterocycles. The minimum Gasteiger partial charge on any atom is -0.234 e. The van der Waals surface area contributed by atoms with Crippen molar-refractivity contribution in [3.63, 3.8) is 0 Å². The van der Waals surface area contributed by atoms with Crippen molar-refractivity contribution in [1.29, 1.82) is 5.26 Å². The molecule has 0 N–H and O–H groups in total. The molecule has 0 bridgehead atoms. The summed E-state index contributed by atoms with van der Waals surface area (Å²) < 4.78 is 24.5. The zero-order valence-electron chi connectivity index (χ0n) is 5.63. The van der Waals surface area contributed by atoms with Crippen LogP contribution in [0.5, 0.6) is 0 Å². The maximum Gasteiger partial charge on any atom is 0.281 e. The van der Waals surface area contributed by atoms with Crippen LogP contribution in [0, 0.1) is 15.0 Å². The van der Waals surface area contributed by atoms with Gasteiger partial charge in [0.2, 0.25) is 0 Å². The molecule has 1 rings (SSSR count). The van der Waals surface area contributed by atoms with E-state index in [1.807, 2.05) is 0 Å². The lowest BCUT2D eigenvalue weighted by molar-refractivity contribution is 0.145. The molecule has 0 fully saturated rings. The second-order valence-corrected chi connectivity index (χ2v) is 2.86. The fourth-order valence-corrected chi connectivity index (χ4v) is 1.17. The molecule has 0 aromatic carbocycles. The van der Waals surface area contributed by atoms with Crippen LogP contribution in [0.25, 0.3) is 0 Å². The summed E-state index contributed by atoms with van der Waals surface area (Å²) in [6.07, 6.45) is -1.71. The molecule has 3 nitrogen and oxygen atoms in total. The molecule has 0 amide bonds. The van der Waals surface area contributed by atoms with Crippen LogP contribution in [0.3, 0.4) is 0 Å². The van der Waals surface area contributed by atoms with E-state index < -0.39 is 12.1 Å². The highest BCUT2D eigenvalue weighted by molar-refractivity contribution is 14.1. The van der Waals surface area contributed by atoms with Crippen LogP contribution in [0.2, 0.25) is 0 Å². The molecule has 0 radical (unpaired) electrons. The third-order valence-electron chi connectivity index (χ3n) is 1.15. The summed E-state index contributed by atoms with van der Waals surface area (Å²) in [5, 5.41) is 8.48. The van der Waals surface area contributed by atoms with Crippen molar-refractivity contribution >= 4 is 22.6 Å². The lowest BCUT2D eigenvalue weighted by Crippen LogP contribution is -1.99. The summed E-state index contributed by atoms with van der Waals surface area (Å²) in [6.45, 7) is 0. The number of nitrogens with zero attached hydrogens (tertiary/aromatic N) is 3. The van der Waals surface area contributed by atoms with Crippen molar-refractivity contribution in [2.45, 2.75) is 6.43 Å². The Labute approximate surface area is 80.6 Å². The van der Waals surface area contributed by atoms with Gasteiger partial charge in [-0.2, -0.15) is 5.26 Å². The van der Waals surface area contributed by atoms with Crippen LogP contribution in [-0.2, 0) is 0 Å². The minimum atomic E-state index is -2.73. The molecule has 0 aliphatic carbocycles. The number of alkyl halides is 2. The first-order valence-electron chi connectivity index (χ1n) is 2.85. The maximum atomic E-state index is 12.1. The third-order valence-corrected chi connectivity index (χ3v) is 1.97. The molecular formula is C6H2F2IN3. The van der Waals surface area contributed by atoms with Gasteiger partial charge in [-0.1, -0.05) is 0 Å². The van der Waals surface area contributed by atoms with E-state index in [0.717, 1.165) is 6.33 Å². The quantitative estimate of drug-likeness (QED) is 0.583. The Morgan fingerprint density at radius 3 is 2.58 bits per heavy atom. The molecule has 6 heteroatoms. The minimum absolute atomic E-state index is 0.145. The van der Waals surface area contributed by atoms with E-state index in [-0.39, 0.29) is 9.26 Å². The Hall–Kier alpha value is -0.840. The molecule has 0 saturated carbocycles. The summed E-state index contributed by atoms with van der Waals surface area (Å²) in [4.78, 5) is 6.93. The average molecular weight is 281 g/mol. The topological polar surface area (TPSA) is 49.6 Å². The predicted molar refractivity (Wildman–Crippen MR) is 44.4 cm³/mol. The van der Waals surface area contributed by atoms with Gasteiger partial charge in [0.15, 0.2) is 0 Å². The van der Waals surface area contributed by atoms with E-state index in [1.54, 1.807) is 28.7 Å². The summed E-state index contributed by atoms with van der Waals surface area (Å²) in [7, 11) is 0. The standard InChI is InChI=1S/C6H2F2IN3/c7-5(8)4-3(1-10)6(9)12-2-11-4/h2,5H. The van der Waals surface area contributed by atoms with Gasteiger partial charge in [-0.15, -0.1) is 0 Å². The highest BCUT2D eigenvalue weighted by atomic mass is 127. The number of hydrogen-bond donors (Lipinski definition) is 0. The largest absolute Gasteiger partial charge is 0.281 e. The maximum absolute atomic E-state index is 12.1. The third kappa shape index (κ3) is 1.66. The lowest BCUT2D eigenvalue weighted by Gasteiger charge is -2.00. The highest BCUT2D eigenvalue weighted by Gasteiger charge is 2.17. The fourth-order valence-electron chi connectivity index (χ4n) is 0.645. The van der Waals surface area contributed by atoms with E-state index in [0.29, 0.717) is 0 Å². The van der Waals surface area contributed by atoms with Crippen molar-refractivity contribution in [3.8, 4) is 6.07 Å². The zero-order valence-corrected chi connectivity index (χ0v) is 7.79. The van der Waals surface area contributed by atoms with Crippen molar-refractivity contribution in [2.24, 2.45) is 0 Å². The van der Waals surface area contributed by atoms with Crippen LogP contribution >= 0.6 is 22.6 Å². The van der Waals surface area contributed by atoms with Gasteiger partial charge in [0.05, 0.1) is 0 Å². The van der Waals surface area contributed by atoms with Crippen LogP contribution in [0.4, 0.5) is 8.78 Å². The molecule has 0 saturated heterocycles. The second-order valence-electron chi connectivity index (χ2n) is 1.84. The van der Waals surface area contributed by atoms with Crippen molar-refractivity contribution in [1.82, 2.24) is 9.97 Å². The SMILES string of the molecule is N#Cc1c(I)ncnc1C(F)F. The van der Waals surface area contributed by atoms with Gasteiger partial charge >= 0.3 is 0 Å². The number of rotatable bonds is 1. The summed E-state index contributed by atoms with van der Waals surface area (Å²) >= 11 is 1.71. The van der Waals surface area contributed by atoms with E-state index in [2.05, 4.69) is 9.97 Å². The number of aromatic nitrogens is 2. The van der Waals surface area contributed by atoms with E-state index in [9.17, 15) is 8.78 Å². The van der Waals surface area contributed by atoms with Crippen LogP contribution in [-0.4, -0.2) is 9.97 Å². The van der Waals surface area contributed by atoms with Gasteiger partial charge in [0, 0.05) is 0 Å². The second kappa shape index (κ2) is 3.71. The molecule has 0 unspecified atom stereocenters. The number of halogens is 3. The normalized spacial score (nSPS) is 9.92. The predicted octanol–water partition coefficient (Wildman–Crippen LogP) is 1.89. The molecule has 0 aliphatic rings. The Kier molecular flexibility index (Phi) is 2.86. The highest BCUT2D eigenvalue weighted by Crippen LogP contribution is 2.21. The van der Waals surface area contributed by atoms with E-state index in [4.69, 9.17) is 5.26 Å².